The lowest BCUT2D eigenvalue weighted by Crippen LogP contribution is -2.18. The summed E-state index contributed by atoms with van der Waals surface area (Å²) in [6.45, 7) is 3.99. The zero-order valence-corrected chi connectivity index (χ0v) is 9.48. The van der Waals surface area contributed by atoms with Crippen LogP contribution in [0, 0.1) is 5.92 Å². The van der Waals surface area contributed by atoms with Gasteiger partial charge in [-0.15, -0.1) is 0 Å². The molecule has 2 rings (SSSR count). The highest BCUT2D eigenvalue weighted by molar-refractivity contribution is 5.75. The molecular weight excluding hydrogens is 200 g/mol. The molecule has 1 aliphatic carbocycles. The maximum atomic E-state index is 11.7. The third-order valence-corrected chi connectivity index (χ3v) is 3.23. The van der Waals surface area contributed by atoms with Crippen molar-refractivity contribution < 1.29 is 9.53 Å². The van der Waals surface area contributed by atoms with Crippen molar-refractivity contribution >= 4 is 5.97 Å². The second kappa shape index (κ2) is 4.52. The summed E-state index contributed by atoms with van der Waals surface area (Å²) in [6, 6.07) is 10.1. The second-order valence-corrected chi connectivity index (χ2v) is 4.31. The fourth-order valence-corrected chi connectivity index (χ4v) is 2.44. The summed E-state index contributed by atoms with van der Waals surface area (Å²) >= 11 is 0. The molecule has 2 heteroatoms. The van der Waals surface area contributed by atoms with Crippen molar-refractivity contribution in [1.82, 2.24) is 0 Å². The van der Waals surface area contributed by atoms with E-state index in [1.807, 2.05) is 18.2 Å². The van der Waals surface area contributed by atoms with E-state index in [0.29, 0.717) is 0 Å². The molecular formula is C14H16O2. The Balaban J connectivity index is 2.26. The van der Waals surface area contributed by atoms with Gasteiger partial charge in [-0.3, -0.25) is 4.79 Å². The SMILES string of the molecule is C=C1CC(C(=O)OC)[C@@H](c2ccccc2)C1. The molecule has 1 aromatic rings. The van der Waals surface area contributed by atoms with E-state index < -0.39 is 0 Å². The van der Waals surface area contributed by atoms with Crippen molar-refractivity contribution in [2.45, 2.75) is 18.8 Å². The number of benzene rings is 1. The van der Waals surface area contributed by atoms with Crippen molar-refractivity contribution in [2.24, 2.45) is 5.92 Å². The Labute approximate surface area is 95.9 Å². The topological polar surface area (TPSA) is 26.3 Å². The van der Waals surface area contributed by atoms with Gasteiger partial charge in [0.25, 0.3) is 0 Å². The van der Waals surface area contributed by atoms with Gasteiger partial charge in [-0.2, -0.15) is 0 Å². The van der Waals surface area contributed by atoms with Crippen molar-refractivity contribution in [3.63, 3.8) is 0 Å². The van der Waals surface area contributed by atoms with E-state index in [2.05, 4.69) is 18.7 Å². The summed E-state index contributed by atoms with van der Waals surface area (Å²) in [5.41, 5.74) is 2.35. The fourth-order valence-electron chi connectivity index (χ4n) is 2.44. The Morgan fingerprint density at radius 3 is 2.62 bits per heavy atom. The first-order valence-corrected chi connectivity index (χ1v) is 5.52. The summed E-state index contributed by atoms with van der Waals surface area (Å²) in [7, 11) is 1.45. The van der Waals surface area contributed by atoms with E-state index in [1.54, 1.807) is 0 Å². The molecule has 0 heterocycles. The number of esters is 1. The van der Waals surface area contributed by atoms with E-state index in [-0.39, 0.29) is 17.8 Å². The van der Waals surface area contributed by atoms with Crippen LogP contribution in [0.1, 0.15) is 24.3 Å². The van der Waals surface area contributed by atoms with Crippen LogP contribution in [0.25, 0.3) is 0 Å². The highest BCUT2D eigenvalue weighted by atomic mass is 16.5. The summed E-state index contributed by atoms with van der Waals surface area (Å²) < 4.78 is 4.85. The Morgan fingerprint density at radius 2 is 2.00 bits per heavy atom. The monoisotopic (exact) mass is 216 g/mol. The number of allylic oxidation sites excluding steroid dienone is 1. The van der Waals surface area contributed by atoms with Crippen LogP contribution in [0.4, 0.5) is 0 Å². The molecule has 0 saturated heterocycles. The van der Waals surface area contributed by atoms with Crippen LogP contribution in [0.2, 0.25) is 0 Å². The molecule has 2 atom stereocenters. The van der Waals surface area contributed by atoms with E-state index in [4.69, 9.17) is 4.74 Å². The molecule has 0 bridgehead atoms. The molecule has 1 aromatic carbocycles. The summed E-state index contributed by atoms with van der Waals surface area (Å²) in [5, 5.41) is 0. The van der Waals surface area contributed by atoms with Gasteiger partial charge < -0.3 is 4.74 Å². The van der Waals surface area contributed by atoms with Gasteiger partial charge in [0, 0.05) is 5.92 Å². The number of ether oxygens (including phenoxy) is 1. The van der Waals surface area contributed by atoms with Gasteiger partial charge in [-0.25, -0.2) is 0 Å². The second-order valence-electron chi connectivity index (χ2n) is 4.31. The van der Waals surface area contributed by atoms with Gasteiger partial charge in [0.15, 0.2) is 0 Å². The minimum atomic E-state index is -0.118. The van der Waals surface area contributed by atoms with Crippen LogP contribution < -0.4 is 0 Å². The predicted molar refractivity (Wildman–Crippen MR) is 63.1 cm³/mol. The van der Waals surface area contributed by atoms with Crippen molar-refractivity contribution in [3.8, 4) is 0 Å². The number of hydrogen-bond acceptors (Lipinski definition) is 2. The van der Waals surface area contributed by atoms with Gasteiger partial charge >= 0.3 is 5.97 Å². The number of hydrogen-bond donors (Lipinski definition) is 0. The lowest BCUT2D eigenvalue weighted by Gasteiger charge is -2.17. The minimum Gasteiger partial charge on any atom is -0.469 e. The third-order valence-electron chi connectivity index (χ3n) is 3.23. The Morgan fingerprint density at radius 1 is 1.31 bits per heavy atom. The van der Waals surface area contributed by atoms with Crippen LogP contribution in [-0.4, -0.2) is 13.1 Å². The summed E-state index contributed by atoms with van der Waals surface area (Å²) in [4.78, 5) is 11.7. The largest absolute Gasteiger partial charge is 0.469 e. The normalized spacial score (nSPS) is 24.4. The number of rotatable bonds is 2. The Hall–Kier alpha value is -1.57. The number of carbonyl (C=O) groups is 1. The van der Waals surface area contributed by atoms with Crippen molar-refractivity contribution in [3.05, 3.63) is 48.0 Å². The third kappa shape index (κ3) is 2.01. The molecule has 1 saturated carbocycles. The molecule has 2 nitrogen and oxygen atoms in total. The van der Waals surface area contributed by atoms with Crippen molar-refractivity contribution in [2.75, 3.05) is 7.11 Å². The highest BCUT2D eigenvalue weighted by Crippen LogP contribution is 2.42. The fraction of sp³-hybridized carbons (Fsp3) is 0.357. The van der Waals surface area contributed by atoms with Crippen LogP contribution >= 0.6 is 0 Å². The molecule has 0 aromatic heterocycles. The molecule has 0 amide bonds. The smallest absolute Gasteiger partial charge is 0.309 e. The van der Waals surface area contributed by atoms with Crippen molar-refractivity contribution in [1.29, 1.82) is 0 Å². The first-order chi connectivity index (χ1) is 7.72. The molecule has 16 heavy (non-hydrogen) atoms. The summed E-state index contributed by atoms with van der Waals surface area (Å²) in [6.07, 6.45) is 1.65. The van der Waals surface area contributed by atoms with Gasteiger partial charge in [0.1, 0.15) is 0 Å². The number of methoxy groups -OCH3 is 1. The average molecular weight is 216 g/mol. The van der Waals surface area contributed by atoms with Gasteiger partial charge in [-0.05, 0) is 18.4 Å². The zero-order valence-electron chi connectivity index (χ0n) is 9.48. The first kappa shape index (κ1) is 10.9. The van der Waals surface area contributed by atoms with Gasteiger partial charge in [0.2, 0.25) is 0 Å². The van der Waals surface area contributed by atoms with Gasteiger partial charge in [0.05, 0.1) is 13.0 Å². The maximum absolute atomic E-state index is 11.7. The Kier molecular flexibility index (Phi) is 3.09. The first-order valence-electron chi connectivity index (χ1n) is 5.52. The van der Waals surface area contributed by atoms with Crippen LogP contribution in [-0.2, 0) is 9.53 Å². The predicted octanol–water partition coefficient (Wildman–Crippen LogP) is 2.91. The number of carbonyl (C=O) groups excluding carboxylic acids is 1. The molecule has 0 aliphatic heterocycles. The quantitative estimate of drug-likeness (QED) is 0.561. The minimum absolute atomic E-state index is 0.0556. The highest BCUT2D eigenvalue weighted by Gasteiger charge is 2.36. The lowest BCUT2D eigenvalue weighted by atomic mass is 9.89. The van der Waals surface area contributed by atoms with Crippen LogP contribution in [0.3, 0.4) is 0 Å². The maximum Gasteiger partial charge on any atom is 0.309 e. The molecule has 84 valence electrons. The average Bonchev–Trinajstić information content (AvgIpc) is 2.71. The van der Waals surface area contributed by atoms with E-state index in [0.717, 1.165) is 18.4 Å². The van der Waals surface area contributed by atoms with E-state index in [1.165, 1.54) is 12.7 Å². The van der Waals surface area contributed by atoms with Gasteiger partial charge in [-0.1, -0.05) is 42.5 Å². The molecule has 1 aliphatic rings. The lowest BCUT2D eigenvalue weighted by molar-refractivity contribution is -0.145. The summed E-state index contributed by atoms with van der Waals surface area (Å²) in [5.74, 6) is 0.0635. The molecule has 1 unspecified atom stereocenters. The van der Waals surface area contributed by atoms with E-state index in [9.17, 15) is 4.79 Å². The van der Waals surface area contributed by atoms with Crippen LogP contribution in [0.15, 0.2) is 42.5 Å². The zero-order chi connectivity index (χ0) is 11.5. The molecule has 0 spiro atoms. The molecule has 1 fully saturated rings. The van der Waals surface area contributed by atoms with Crippen LogP contribution in [0.5, 0.6) is 0 Å². The standard InChI is InChI=1S/C14H16O2/c1-10-8-12(11-6-4-3-5-7-11)13(9-10)14(15)16-2/h3-7,12-13H,1,8-9H2,2H3/t12-,13?/m1/s1. The molecule has 0 radical (unpaired) electrons. The molecule has 0 N–H and O–H groups in total. The Bertz CT molecular complexity index is 394. The van der Waals surface area contributed by atoms with E-state index >= 15 is 0 Å².